The fourth-order valence-corrected chi connectivity index (χ4v) is 4.65. The Labute approximate surface area is 292 Å². The number of carbonyl (C=O) groups excluding carboxylic acids is 3. The maximum absolute atomic E-state index is 11.8. The van der Waals surface area contributed by atoms with Crippen molar-refractivity contribution in [2.75, 3.05) is 13.2 Å². The van der Waals surface area contributed by atoms with Crippen molar-refractivity contribution in [1.29, 1.82) is 0 Å². The summed E-state index contributed by atoms with van der Waals surface area (Å²) in [6.45, 7) is 9.62. The van der Waals surface area contributed by atoms with Crippen LogP contribution >= 0.6 is 0 Å². The normalized spacial score (nSPS) is 12.6. The van der Waals surface area contributed by atoms with Gasteiger partial charge in [-0.1, -0.05) is 55.5 Å². The average molecular weight is 702 g/mol. The summed E-state index contributed by atoms with van der Waals surface area (Å²) < 4.78 is 10.6. The van der Waals surface area contributed by atoms with Crippen LogP contribution in [0.4, 0.5) is 4.79 Å². The van der Waals surface area contributed by atoms with Gasteiger partial charge in [0.15, 0.2) is 0 Å². The molecule has 0 aromatic heterocycles. The maximum Gasteiger partial charge on any atom is 0.407 e. The molecule has 2 aromatic rings. The number of alkyl carbamates (subject to hydrolysis) is 1. The minimum absolute atomic E-state index is 0.0589. The molecule has 14 nitrogen and oxygen atoms in total. The van der Waals surface area contributed by atoms with Crippen LogP contribution in [0.5, 0.6) is 0 Å². The number of esters is 1. The Hall–Kier alpha value is -4.98. The number of ether oxygens (including phenoxy) is 2. The number of hydrogen-bond acceptors (Lipinski definition) is 9. The first-order chi connectivity index (χ1) is 23.4. The molecule has 50 heavy (non-hydrogen) atoms. The highest BCUT2D eigenvalue weighted by atomic mass is 16.6. The third-order valence-electron chi connectivity index (χ3n) is 6.92. The summed E-state index contributed by atoms with van der Waals surface area (Å²) in [5.74, 6) is -3.55. The van der Waals surface area contributed by atoms with Crippen molar-refractivity contribution < 1.29 is 53.6 Å². The number of fused-ring (bicyclic) bond motifs is 3. The van der Waals surface area contributed by atoms with Crippen LogP contribution in [0.2, 0.25) is 0 Å². The molecule has 276 valence electrons. The molecule has 0 radical (unpaired) electrons. The first-order valence-electron chi connectivity index (χ1n) is 16.5. The first kappa shape index (κ1) is 43.0. The van der Waals surface area contributed by atoms with Gasteiger partial charge in [0.1, 0.15) is 18.2 Å². The molecule has 7 N–H and O–H groups in total. The van der Waals surface area contributed by atoms with E-state index in [0.29, 0.717) is 19.6 Å². The zero-order valence-electron chi connectivity index (χ0n) is 29.4. The van der Waals surface area contributed by atoms with Gasteiger partial charge < -0.3 is 41.2 Å². The van der Waals surface area contributed by atoms with Crippen molar-refractivity contribution in [3.05, 3.63) is 59.7 Å². The molecule has 0 fully saturated rings. The molecular formula is C36H51N3O11. The highest BCUT2D eigenvalue weighted by Gasteiger charge is 2.29. The van der Waals surface area contributed by atoms with E-state index in [2.05, 4.69) is 34.9 Å². The van der Waals surface area contributed by atoms with Crippen molar-refractivity contribution in [2.45, 2.75) is 103 Å². The van der Waals surface area contributed by atoms with Crippen LogP contribution in [-0.2, 0) is 33.4 Å². The second kappa shape index (κ2) is 21.9. The van der Waals surface area contributed by atoms with Gasteiger partial charge in [0, 0.05) is 44.2 Å². The lowest BCUT2D eigenvalue weighted by Crippen LogP contribution is -2.43. The summed E-state index contributed by atoms with van der Waals surface area (Å²) in [5, 5.41) is 29.8. The van der Waals surface area contributed by atoms with E-state index in [1.165, 1.54) is 22.3 Å². The van der Waals surface area contributed by atoms with E-state index in [4.69, 9.17) is 30.5 Å². The molecule has 0 aliphatic heterocycles. The molecule has 3 rings (SSSR count). The molecule has 2 amide bonds. The third kappa shape index (κ3) is 17.4. The number of aliphatic carboxylic acids is 3. The quantitative estimate of drug-likeness (QED) is 0.139. The lowest BCUT2D eigenvalue weighted by molar-refractivity contribution is -0.158. The number of carboxylic acids is 3. The number of benzene rings is 2. The smallest absolute Gasteiger partial charge is 0.407 e. The number of carboxylic acid groups (broad SMARTS) is 3. The minimum atomic E-state index is -0.948. The van der Waals surface area contributed by atoms with Crippen molar-refractivity contribution in [3.63, 3.8) is 0 Å². The van der Waals surface area contributed by atoms with Gasteiger partial charge in [0.25, 0.3) is 0 Å². The molecule has 2 unspecified atom stereocenters. The zero-order valence-corrected chi connectivity index (χ0v) is 29.4. The lowest BCUT2D eigenvalue weighted by Gasteiger charge is -2.23. The van der Waals surface area contributed by atoms with Gasteiger partial charge in [0.05, 0.1) is 0 Å². The number of nitrogens with one attached hydrogen (secondary N) is 2. The summed E-state index contributed by atoms with van der Waals surface area (Å²) in [5.41, 5.74) is 9.89. The Morgan fingerprint density at radius 2 is 1.26 bits per heavy atom. The summed E-state index contributed by atoms with van der Waals surface area (Å²) in [6, 6.07) is 15.8. The van der Waals surface area contributed by atoms with Crippen molar-refractivity contribution in [1.82, 2.24) is 10.6 Å². The molecular weight excluding hydrogens is 650 g/mol. The zero-order chi connectivity index (χ0) is 37.9. The van der Waals surface area contributed by atoms with Crippen LogP contribution in [0.3, 0.4) is 0 Å². The third-order valence-corrected chi connectivity index (χ3v) is 6.92. The number of rotatable bonds is 15. The van der Waals surface area contributed by atoms with Gasteiger partial charge in [-0.25, -0.2) is 9.59 Å². The Bertz CT molecular complexity index is 1380. The van der Waals surface area contributed by atoms with Gasteiger partial charge in [0.2, 0.25) is 5.91 Å². The van der Waals surface area contributed by atoms with Crippen LogP contribution in [-0.4, -0.2) is 82.0 Å². The highest BCUT2D eigenvalue weighted by molar-refractivity contribution is 5.85. The summed E-state index contributed by atoms with van der Waals surface area (Å²) in [7, 11) is 0. The standard InChI is InChI=1S/C18H20N2O2.C13H23NO5.C5H8O4/c1-12(19)10-20-18(21)22-11-17-15-8-4-2-6-13(15)14-7-3-5-9-16(14)17;1-5-9(12(18)19-13(2,3)4)14-10(15)7-6-8-11(16)17;6-4(7)2-1-3-5(8)9/h2-9,12,17H,10-11,19H2,1H3,(H,20,21);9H,5-8H2,1-4H3,(H,14,15)(H,16,17);1-3H2,(H,6,7)(H,8,9). The molecule has 0 heterocycles. The second-order valence-corrected chi connectivity index (χ2v) is 12.6. The van der Waals surface area contributed by atoms with Crippen molar-refractivity contribution in [3.8, 4) is 11.1 Å². The Balaban J connectivity index is 0.000000408. The van der Waals surface area contributed by atoms with E-state index in [1.54, 1.807) is 27.7 Å². The van der Waals surface area contributed by atoms with E-state index >= 15 is 0 Å². The van der Waals surface area contributed by atoms with Gasteiger partial charge in [-0.3, -0.25) is 19.2 Å². The Kier molecular flexibility index (Phi) is 18.8. The van der Waals surface area contributed by atoms with Gasteiger partial charge in [-0.2, -0.15) is 0 Å². The molecule has 2 aromatic carbocycles. The lowest BCUT2D eigenvalue weighted by atomic mass is 9.98. The minimum Gasteiger partial charge on any atom is -0.481 e. The molecule has 1 aliphatic carbocycles. The van der Waals surface area contributed by atoms with Crippen LogP contribution in [0.15, 0.2) is 48.5 Å². The van der Waals surface area contributed by atoms with E-state index < -0.39 is 41.6 Å². The highest BCUT2D eigenvalue weighted by Crippen LogP contribution is 2.44. The van der Waals surface area contributed by atoms with Gasteiger partial charge in [-0.05, 0) is 69.2 Å². The maximum atomic E-state index is 11.8. The number of carbonyl (C=O) groups is 6. The fraction of sp³-hybridized carbons (Fsp3) is 0.500. The Morgan fingerprint density at radius 3 is 1.68 bits per heavy atom. The van der Waals surface area contributed by atoms with E-state index in [-0.39, 0.29) is 56.4 Å². The number of amides is 2. The molecule has 2 atom stereocenters. The van der Waals surface area contributed by atoms with Crippen molar-refractivity contribution in [2.24, 2.45) is 5.73 Å². The monoisotopic (exact) mass is 701 g/mol. The van der Waals surface area contributed by atoms with Crippen LogP contribution in [0, 0.1) is 0 Å². The predicted octanol–water partition coefficient (Wildman–Crippen LogP) is 4.68. The first-order valence-corrected chi connectivity index (χ1v) is 16.5. The van der Waals surface area contributed by atoms with Crippen LogP contribution in [0.25, 0.3) is 11.1 Å². The topological polar surface area (TPSA) is 232 Å². The SMILES string of the molecule is CC(N)CNC(=O)OCC1c2ccccc2-c2ccccc21.CCC(NC(=O)CCCC(=O)O)C(=O)OC(C)(C)C.O=C(O)CCCC(=O)O. The van der Waals surface area contributed by atoms with Crippen LogP contribution in [0.1, 0.15) is 96.6 Å². The summed E-state index contributed by atoms with van der Waals surface area (Å²) in [6.07, 6.45) is 0.385. The molecule has 14 heteroatoms. The van der Waals surface area contributed by atoms with E-state index in [1.807, 2.05) is 31.2 Å². The largest absolute Gasteiger partial charge is 0.481 e. The second-order valence-electron chi connectivity index (χ2n) is 12.6. The molecule has 0 bridgehead atoms. The van der Waals surface area contributed by atoms with Crippen molar-refractivity contribution >= 4 is 35.9 Å². The molecule has 0 saturated carbocycles. The predicted molar refractivity (Wildman–Crippen MR) is 185 cm³/mol. The van der Waals surface area contributed by atoms with Gasteiger partial charge in [-0.15, -0.1) is 0 Å². The van der Waals surface area contributed by atoms with Gasteiger partial charge >= 0.3 is 30.0 Å². The fourth-order valence-electron chi connectivity index (χ4n) is 4.65. The molecule has 0 saturated heterocycles. The Morgan fingerprint density at radius 1 is 0.800 bits per heavy atom. The number of nitrogens with two attached hydrogens (primary N) is 1. The summed E-state index contributed by atoms with van der Waals surface area (Å²) >= 11 is 0. The van der Waals surface area contributed by atoms with E-state index in [9.17, 15) is 28.8 Å². The number of hydrogen-bond donors (Lipinski definition) is 6. The van der Waals surface area contributed by atoms with Crippen LogP contribution < -0.4 is 16.4 Å². The summed E-state index contributed by atoms with van der Waals surface area (Å²) in [4.78, 5) is 65.0. The van der Waals surface area contributed by atoms with E-state index in [0.717, 1.165) is 0 Å². The molecule has 1 aliphatic rings. The molecule has 0 spiro atoms. The average Bonchev–Trinajstić information content (AvgIpc) is 3.34.